The fourth-order valence-electron chi connectivity index (χ4n) is 2.29. The molecule has 0 heterocycles. The molecule has 1 aromatic carbocycles. The molecule has 1 amide bonds. The van der Waals surface area contributed by atoms with Crippen molar-refractivity contribution in [1.82, 2.24) is 4.90 Å². The number of amides is 1. The highest BCUT2D eigenvalue weighted by Crippen LogP contribution is 2.36. The van der Waals surface area contributed by atoms with Crippen molar-refractivity contribution in [3.63, 3.8) is 0 Å². The van der Waals surface area contributed by atoms with Crippen LogP contribution in [0.2, 0.25) is 0 Å². The lowest BCUT2D eigenvalue weighted by molar-refractivity contribution is -0.384. The Labute approximate surface area is 111 Å². The van der Waals surface area contributed by atoms with Crippen LogP contribution in [0.25, 0.3) is 5.57 Å². The fraction of sp³-hybridized carbons (Fsp3) is 0.357. The summed E-state index contributed by atoms with van der Waals surface area (Å²) in [6, 6.07) is 4.87. The second kappa shape index (κ2) is 4.84. The summed E-state index contributed by atoms with van der Waals surface area (Å²) < 4.78 is 0. The molecule has 0 fully saturated rings. The number of carbonyl (C=O) groups excluding carboxylic acids is 1. The molecule has 100 valence electrons. The molecule has 0 bridgehead atoms. The molecule has 0 radical (unpaired) electrons. The standard InChI is InChI=1S/C14H16N2O3/c1-9-6-10-4-5-11(16(18)19)7-13(10)12(9)8-14(17)15(2)3/h4-5,7H,6,8H2,1-3H3. The minimum absolute atomic E-state index is 0.00806. The summed E-state index contributed by atoms with van der Waals surface area (Å²) in [5, 5.41) is 10.8. The third-order valence-corrected chi connectivity index (χ3v) is 3.43. The Morgan fingerprint density at radius 1 is 1.42 bits per heavy atom. The predicted octanol–water partition coefficient (Wildman–Crippen LogP) is 2.40. The first-order chi connectivity index (χ1) is 8.90. The van der Waals surface area contributed by atoms with Gasteiger partial charge in [-0.25, -0.2) is 0 Å². The predicted molar refractivity (Wildman–Crippen MR) is 72.7 cm³/mol. The molecule has 5 nitrogen and oxygen atoms in total. The van der Waals surface area contributed by atoms with E-state index in [4.69, 9.17) is 0 Å². The van der Waals surface area contributed by atoms with Gasteiger partial charge in [0.2, 0.25) is 5.91 Å². The van der Waals surface area contributed by atoms with Gasteiger partial charge in [-0.3, -0.25) is 14.9 Å². The maximum Gasteiger partial charge on any atom is 0.270 e. The number of hydrogen-bond acceptors (Lipinski definition) is 3. The summed E-state index contributed by atoms with van der Waals surface area (Å²) in [5.41, 5.74) is 4.03. The second-order valence-corrected chi connectivity index (χ2v) is 5.00. The molecule has 0 spiro atoms. The molecule has 0 aliphatic heterocycles. The van der Waals surface area contributed by atoms with Crippen LogP contribution in [0.4, 0.5) is 5.69 Å². The number of nitro benzene ring substituents is 1. The Hall–Kier alpha value is -2.17. The van der Waals surface area contributed by atoms with Gasteiger partial charge in [-0.1, -0.05) is 11.6 Å². The van der Waals surface area contributed by atoms with Crippen LogP contribution in [0.15, 0.2) is 23.8 Å². The molecule has 0 saturated heterocycles. The van der Waals surface area contributed by atoms with Gasteiger partial charge >= 0.3 is 0 Å². The van der Waals surface area contributed by atoms with E-state index >= 15 is 0 Å². The smallest absolute Gasteiger partial charge is 0.270 e. The van der Waals surface area contributed by atoms with Crippen LogP contribution in [-0.4, -0.2) is 29.8 Å². The number of benzene rings is 1. The molecule has 19 heavy (non-hydrogen) atoms. The highest BCUT2D eigenvalue weighted by Gasteiger charge is 2.23. The first kappa shape index (κ1) is 13.3. The average molecular weight is 260 g/mol. The zero-order valence-corrected chi connectivity index (χ0v) is 11.3. The van der Waals surface area contributed by atoms with E-state index in [2.05, 4.69) is 0 Å². The number of carbonyl (C=O) groups is 1. The van der Waals surface area contributed by atoms with Crippen LogP contribution in [0.5, 0.6) is 0 Å². The van der Waals surface area contributed by atoms with E-state index in [1.165, 1.54) is 11.0 Å². The number of nitro groups is 1. The molecule has 0 N–H and O–H groups in total. The second-order valence-electron chi connectivity index (χ2n) is 5.00. The van der Waals surface area contributed by atoms with Crippen LogP contribution in [-0.2, 0) is 11.2 Å². The van der Waals surface area contributed by atoms with Crippen LogP contribution >= 0.6 is 0 Å². The number of fused-ring (bicyclic) bond motifs is 1. The van der Waals surface area contributed by atoms with E-state index in [0.29, 0.717) is 6.42 Å². The number of nitrogens with zero attached hydrogens (tertiary/aromatic N) is 2. The van der Waals surface area contributed by atoms with Gasteiger partial charge in [-0.15, -0.1) is 0 Å². The van der Waals surface area contributed by atoms with Crippen LogP contribution in [0.1, 0.15) is 24.5 Å². The maximum absolute atomic E-state index is 11.8. The Kier molecular flexibility index (Phi) is 3.38. The van der Waals surface area contributed by atoms with Crippen molar-refractivity contribution in [2.45, 2.75) is 19.8 Å². The van der Waals surface area contributed by atoms with Gasteiger partial charge in [0.15, 0.2) is 0 Å². The molecule has 0 aromatic heterocycles. The third kappa shape index (κ3) is 2.50. The highest BCUT2D eigenvalue weighted by molar-refractivity contribution is 5.92. The largest absolute Gasteiger partial charge is 0.349 e. The van der Waals surface area contributed by atoms with Crippen LogP contribution in [0.3, 0.4) is 0 Å². The number of allylic oxidation sites excluding steroid dienone is 1. The molecule has 2 rings (SSSR count). The topological polar surface area (TPSA) is 63.5 Å². The number of rotatable bonds is 3. The van der Waals surface area contributed by atoms with E-state index < -0.39 is 4.92 Å². The van der Waals surface area contributed by atoms with Gasteiger partial charge in [0.25, 0.3) is 5.69 Å². The summed E-state index contributed by atoms with van der Waals surface area (Å²) in [6.45, 7) is 1.98. The van der Waals surface area contributed by atoms with E-state index in [1.54, 1.807) is 26.2 Å². The lowest BCUT2D eigenvalue weighted by atomic mass is 10.0. The fourth-order valence-corrected chi connectivity index (χ4v) is 2.29. The molecular weight excluding hydrogens is 244 g/mol. The van der Waals surface area contributed by atoms with Gasteiger partial charge in [-0.2, -0.15) is 0 Å². The minimum atomic E-state index is -0.403. The van der Waals surface area contributed by atoms with E-state index in [1.807, 2.05) is 6.92 Å². The normalized spacial score (nSPS) is 13.4. The van der Waals surface area contributed by atoms with Crippen molar-refractivity contribution in [2.24, 2.45) is 0 Å². The zero-order chi connectivity index (χ0) is 14.2. The Bertz CT molecular complexity index is 588. The molecule has 1 aliphatic rings. The molecule has 0 atom stereocenters. The van der Waals surface area contributed by atoms with Crippen molar-refractivity contribution in [3.05, 3.63) is 45.0 Å². The van der Waals surface area contributed by atoms with Gasteiger partial charge in [0, 0.05) is 26.2 Å². The monoisotopic (exact) mass is 260 g/mol. The first-order valence-electron chi connectivity index (χ1n) is 6.06. The molecule has 1 aromatic rings. The summed E-state index contributed by atoms with van der Waals surface area (Å²) in [5.74, 6) is 0.00806. The highest BCUT2D eigenvalue weighted by atomic mass is 16.6. The molecule has 0 saturated carbocycles. The average Bonchev–Trinajstić information content (AvgIpc) is 2.65. The van der Waals surface area contributed by atoms with Crippen LogP contribution in [0, 0.1) is 10.1 Å². The minimum Gasteiger partial charge on any atom is -0.349 e. The van der Waals surface area contributed by atoms with E-state index in [-0.39, 0.29) is 11.6 Å². The summed E-state index contributed by atoms with van der Waals surface area (Å²) in [4.78, 5) is 23.8. The Balaban J connectivity index is 2.38. The van der Waals surface area contributed by atoms with Gasteiger partial charge in [0.1, 0.15) is 0 Å². The van der Waals surface area contributed by atoms with Gasteiger partial charge in [0.05, 0.1) is 11.3 Å². The molecule has 1 aliphatic carbocycles. The van der Waals surface area contributed by atoms with Gasteiger partial charge < -0.3 is 4.90 Å². The van der Waals surface area contributed by atoms with Crippen LogP contribution < -0.4 is 0 Å². The SMILES string of the molecule is CC1=C(CC(=O)N(C)C)c2cc([N+](=O)[O-])ccc2C1. The quantitative estimate of drug-likeness (QED) is 0.619. The van der Waals surface area contributed by atoms with Crippen molar-refractivity contribution in [1.29, 1.82) is 0 Å². The third-order valence-electron chi connectivity index (χ3n) is 3.43. The number of hydrogen-bond donors (Lipinski definition) is 0. The van der Waals surface area contributed by atoms with Crippen molar-refractivity contribution in [3.8, 4) is 0 Å². The molecule has 0 unspecified atom stereocenters. The summed E-state index contributed by atoms with van der Waals surface area (Å²) in [6.07, 6.45) is 1.07. The summed E-state index contributed by atoms with van der Waals surface area (Å²) >= 11 is 0. The van der Waals surface area contributed by atoms with E-state index in [0.717, 1.165) is 28.7 Å². The van der Waals surface area contributed by atoms with Gasteiger partial charge in [-0.05, 0) is 30.0 Å². The number of non-ortho nitro benzene ring substituents is 1. The lowest BCUT2D eigenvalue weighted by Crippen LogP contribution is -2.21. The first-order valence-corrected chi connectivity index (χ1v) is 6.06. The Morgan fingerprint density at radius 2 is 2.11 bits per heavy atom. The van der Waals surface area contributed by atoms with Crippen molar-refractivity contribution in [2.75, 3.05) is 14.1 Å². The van der Waals surface area contributed by atoms with Crippen molar-refractivity contribution < 1.29 is 9.72 Å². The van der Waals surface area contributed by atoms with Crippen molar-refractivity contribution >= 4 is 17.2 Å². The molecular formula is C14H16N2O3. The maximum atomic E-state index is 11.8. The molecule has 5 heteroatoms. The Morgan fingerprint density at radius 3 is 2.68 bits per heavy atom. The zero-order valence-electron chi connectivity index (χ0n) is 11.3. The lowest BCUT2D eigenvalue weighted by Gasteiger charge is -2.12. The van der Waals surface area contributed by atoms with E-state index in [9.17, 15) is 14.9 Å². The summed E-state index contributed by atoms with van der Waals surface area (Å²) in [7, 11) is 3.42.